The third kappa shape index (κ3) is 25.2. The van der Waals surface area contributed by atoms with Crippen molar-refractivity contribution in [1.29, 1.82) is 0 Å². The fourth-order valence-electron chi connectivity index (χ4n) is 2.86. The number of unbranched alkanes of at least 4 members (excludes halogenated alkanes) is 15. The van der Waals surface area contributed by atoms with Gasteiger partial charge in [-0.15, -0.1) is 0 Å². The summed E-state index contributed by atoms with van der Waals surface area (Å²) in [6.07, 6.45) is 22.6. The SMILES string of the molecule is CCCCCCCCCCCCCCCCCCNC(=S)[S-].[Mo]. The van der Waals surface area contributed by atoms with Crippen molar-refractivity contribution in [2.45, 2.75) is 110 Å². The Hall–Kier alpha value is 0.798. The van der Waals surface area contributed by atoms with Gasteiger partial charge >= 0.3 is 0 Å². The molecule has 0 rings (SSSR count). The molecular formula is C19H38MoNS2-. The predicted octanol–water partition coefficient (Wildman–Crippen LogP) is 6.67. The summed E-state index contributed by atoms with van der Waals surface area (Å²) in [5, 5.41) is 3.04. The minimum Gasteiger partial charge on any atom is -0.412 e. The van der Waals surface area contributed by atoms with Gasteiger partial charge in [0, 0.05) is 27.6 Å². The Labute approximate surface area is 171 Å². The average molecular weight is 441 g/mol. The van der Waals surface area contributed by atoms with Crippen LogP contribution >= 0.6 is 12.2 Å². The summed E-state index contributed by atoms with van der Waals surface area (Å²) in [5.41, 5.74) is 0. The number of nitrogens with one attached hydrogen (secondary N) is 1. The quantitative estimate of drug-likeness (QED) is 0.117. The molecule has 0 atom stereocenters. The van der Waals surface area contributed by atoms with Gasteiger partial charge in [-0.1, -0.05) is 108 Å². The molecular weight excluding hydrogens is 402 g/mol. The molecule has 138 valence electrons. The van der Waals surface area contributed by atoms with Crippen molar-refractivity contribution in [3.8, 4) is 0 Å². The molecule has 0 aliphatic carbocycles. The monoisotopic (exact) mass is 442 g/mol. The predicted molar refractivity (Wildman–Crippen MR) is 108 cm³/mol. The van der Waals surface area contributed by atoms with E-state index in [-0.39, 0.29) is 21.1 Å². The van der Waals surface area contributed by atoms with Crippen LogP contribution in [0.15, 0.2) is 0 Å². The van der Waals surface area contributed by atoms with Crippen molar-refractivity contribution in [3.05, 3.63) is 0 Å². The van der Waals surface area contributed by atoms with Gasteiger partial charge in [-0.25, -0.2) is 0 Å². The van der Waals surface area contributed by atoms with E-state index in [1.165, 1.54) is 103 Å². The third-order valence-corrected chi connectivity index (χ3v) is 4.59. The first-order chi connectivity index (χ1) is 10.8. The summed E-state index contributed by atoms with van der Waals surface area (Å²) in [4.78, 5) is 0. The van der Waals surface area contributed by atoms with Crippen LogP contribution in [0.25, 0.3) is 0 Å². The van der Waals surface area contributed by atoms with E-state index in [1.54, 1.807) is 0 Å². The zero-order valence-corrected chi connectivity index (χ0v) is 18.9. The van der Waals surface area contributed by atoms with Crippen molar-refractivity contribution in [3.63, 3.8) is 0 Å². The molecule has 0 saturated carbocycles. The van der Waals surface area contributed by atoms with Crippen LogP contribution in [0, 0.1) is 0 Å². The molecule has 0 aromatic rings. The van der Waals surface area contributed by atoms with Crippen LogP contribution in [-0.2, 0) is 33.7 Å². The summed E-state index contributed by atoms with van der Waals surface area (Å²) >= 11 is 9.62. The molecule has 0 amide bonds. The van der Waals surface area contributed by atoms with Gasteiger partial charge in [0.1, 0.15) is 0 Å². The maximum absolute atomic E-state index is 4.81. The normalized spacial score (nSPS) is 10.3. The van der Waals surface area contributed by atoms with E-state index in [9.17, 15) is 0 Å². The van der Waals surface area contributed by atoms with Crippen LogP contribution in [0.4, 0.5) is 0 Å². The molecule has 1 N–H and O–H groups in total. The zero-order valence-electron chi connectivity index (χ0n) is 15.2. The molecule has 0 aliphatic heterocycles. The topological polar surface area (TPSA) is 12.0 Å². The molecule has 0 bridgehead atoms. The second-order valence-corrected chi connectivity index (χ2v) is 7.59. The molecule has 0 radical (unpaired) electrons. The van der Waals surface area contributed by atoms with Gasteiger partial charge in [-0.2, -0.15) is 0 Å². The Kier molecular flexibility index (Phi) is 25.8. The van der Waals surface area contributed by atoms with Gasteiger partial charge in [0.25, 0.3) is 0 Å². The molecule has 1 nitrogen and oxygen atoms in total. The smallest absolute Gasteiger partial charge is 0.0132 e. The van der Waals surface area contributed by atoms with Gasteiger partial charge in [-0.05, 0) is 6.42 Å². The van der Waals surface area contributed by atoms with Crippen LogP contribution in [0.5, 0.6) is 0 Å². The summed E-state index contributed by atoms with van der Waals surface area (Å²) in [6, 6.07) is 0. The molecule has 0 heterocycles. The summed E-state index contributed by atoms with van der Waals surface area (Å²) in [6.45, 7) is 3.25. The van der Waals surface area contributed by atoms with E-state index < -0.39 is 0 Å². The van der Waals surface area contributed by atoms with E-state index >= 15 is 0 Å². The van der Waals surface area contributed by atoms with E-state index in [2.05, 4.69) is 12.2 Å². The maximum atomic E-state index is 4.81. The Bertz CT molecular complexity index is 237. The van der Waals surface area contributed by atoms with Gasteiger partial charge in [-0.3, -0.25) is 0 Å². The standard InChI is InChI=1S/C19H39NS2.Mo/c1-2-3-4-5-6-7-8-9-10-11-12-13-14-15-16-17-18-20-19(21)22;/h2-18H2,1H3,(H2,20,21,22);/p-1. The van der Waals surface area contributed by atoms with Crippen molar-refractivity contribution in [2.75, 3.05) is 6.54 Å². The van der Waals surface area contributed by atoms with Gasteiger partial charge < -0.3 is 30.2 Å². The van der Waals surface area contributed by atoms with Crippen molar-refractivity contribution in [1.82, 2.24) is 5.32 Å². The Morgan fingerprint density at radius 2 is 0.957 bits per heavy atom. The van der Waals surface area contributed by atoms with E-state index in [0.29, 0.717) is 4.32 Å². The summed E-state index contributed by atoms with van der Waals surface area (Å²) in [7, 11) is 0. The van der Waals surface area contributed by atoms with Crippen LogP contribution in [-0.4, -0.2) is 10.9 Å². The summed E-state index contributed by atoms with van der Waals surface area (Å²) in [5.74, 6) is 0. The van der Waals surface area contributed by atoms with Crippen molar-refractivity contribution >= 4 is 29.2 Å². The molecule has 0 aromatic carbocycles. The first-order valence-electron chi connectivity index (χ1n) is 9.72. The van der Waals surface area contributed by atoms with Crippen molar-refractivity contribution in [2.24, 2.45) is 0 Å². The second kappa shape index (κ2) is 22.8. The first-order valence-corrected chi connectivity index (χ1v) is 10.5. The maximum Gasteiger partial charge on any atom is 0.0132 e. The van der Waals surface area contributed by atoms with E-state index in [0.717, 1.165) is 6.54 Å². The molecule has 23 heavy (non-hydrogen) atoms. The van der Waals surface area contributed by atoms with Gasteiger partial charge in [0.2, 0.25) is 0 Å². The first kappa shape index (κ1) is 26.0. The average Bonchev–Trinajstić information content (AvgIpc) is 2.50. The zero-order chi connectivity index (χ0) is 16.3. The fraction of sp³-hybridized carbons (Fsp3) is 0.947. The molecule has 0 aromatic heterocycles. The van der Waals surface area contributed by atoms with Crippen LogP contribution in [0.1, 0.15) is 110 Å². The largest absolute Gasteiger partial charge is 0.412 e. The third-order valence-electron chi connectivity index (χ3n) is 4.30. The van der Waals surface area contributed by atoms with E-state index in [4.69, 9.17) is 24.8 Å². The number of hydrogen-bond donors (Lipinski definition) is 1. The van der Waals surface area contributed by atoms with Crippen LogP contribution in [0.2, 0.25) is 0 Å². The number of thiocarbonyl (C=S) groups is 1. The molecule has 0 aliphatic rings. The Morgan fingerprint density at radius 1 is 0.652 bits per heavy atom. The second-order valence-electron chi connectivity index (χ2n) is 6.52. The van der Waals surface area contributed by atoms with Gasteiger partial charge in [0.05, 0.1) is 0 Å². The fourth-order valence-corrected chi connectivity index (χ4v) is 3.07. The minimum atomic E-state index is 0. The molecule has 0 saturated heterocycles. The van der Waals surface area contributed by atoms with Crippen molar-refractivity contribution < 1.29 is 21.1 Å². The van der Waals surface area contributed by atoms with E-state index in [1.807, 2.05) is 0 Å². The van der Waals surface area contributed by atoms with Crippen LogP contribution in [0.3, 0.4) is 0 Å². The number of hydrogen-bond acceptors (Lipinski definition) is 2. The Balaban J connectivity index is 0. The molecule has 4 heteroatoms. The molecule has 0 unspecified atom stereocenters. The van der Waals surface area contributed by atoms with Crippen LogP contribution < -0.4 is 5.32 Å². The number of rotatable bonds is 17. The van der Waals surface area contributed by atoms with Gasteiger partial charge in [0.15, 0.2) is 0 Å². The molecule has 0 fully saturated rings. The summed E-state index contributed by atoms with van der Waals surface area (Å²) < 4.78 is 0.515. The Morgan fingerprint density at radius 3 is 1.26 bits per heavy atom. The minimum absolute atomic E-state index is 0. The molecule has 0 spiro atoms.